The van der Waals surface area contributed by atoms with Crippen molar-refractivity contribution in [2.75, 3.05) is 19.6 Å². The summed E-state index contributed by atoms with van der Waals surface area (Å²) in [5.41, 5.74) is 10.2. The normalized spacial score (nSPS) is 9.91. The molecule has 0 aromatic heterocycles. The van der Waals surface area contributed by atoms with Gasteiger partial charge < -0.3 is 16.8 Å². The third kappa shape index (κ3) is 9.39. The van der Waals surface area contributed by atoms with E-state index in [1.165, 1.54) is 0 Å². The second-order valence-electron chi connectivity index (χ2n) is 2.46. The molecule has 0 bridgehead atoms. The summed E-state index contributed by atoms with van der Waals surface area (Å²) in [4.78, 5) is 10.3. The van der Waals surface area contributed by atoms with Crippen molar-refractivity contribution in [3.63, 3.8) is 0 Å². The number of rotatable bonds is 7. The fourth-order valence-corrected chi connectivity index (χ4v) is 0.740. The molecule has 0 atom stereocenters. The van der Waals surface area contributed by atoms with E-state index in [1.807, 2.05) is 0 Å². The first kappa shape index (κ1) is 10.4. The average Bonchev–Trinajstić information content (AvgIpc) is 1.96. The third-order valence-electron chi connectivity index (χ3n) is 1.33. The molecule has 1 amide bonds. The second-order valence-corrected chi connectivity index (χ2v) is 2.46. The molecular weight excluding hydrogens is 142 g/mol. The van der Waals surface area contributed by atoms with Crippen LogP contribution in [0.1, 0.15) is 19.3 Å². The molecule has 0 saturated carbocycles. The minimum atomic E-state index is -0.231. The molecule has 66 valence electrons. The van der Waals surface area contributed by atoms with Crippen LogP contribution in [0.4, 0.5) is 0 Å². The second kappa shape index (κ2) is 7.50. The van der Waals surface area contributed by atoms with E-state index in [2.05, 4.69) is 5.32 Å². The predicted octanol–water partition coefficient (Wildman–Crippen LogP) is -0.810. The van der Waals surface area contributed by atoms with E-state index in [4.69, 9.17) is 11.5 Å². The van der Waals surface area contributed by atoms with Crippen LogP contribution in [0.2, 0.25) is 0 Å². The smallest absolute Gasteiger partial charge is 0.217 e. The van der Waals surface area contributed by atoms with Gasteiger partial charge in [-0.25, -0.2) is 0 Å². The first-order chi connectivity index (χ1) is 5.27. The van der Waals surface area contributed by atoms with Crippen LogP contribution >= 0.6 is 0 Å². The maximum absolute atomic E-state index is 10.3. The van der Waals surface area contributed by atoms with Crippen molar-refractivity contribution in [1.29, 1.82) is 0 Å². The van der Waals surface area contributed by atoms with Gasteiger partial charge in [0.05, 0.1) is 0 Å². The molecule has 4 heteroatoms. The predicted molar refractivity (Wildman–Crippen MR) is 45.0 cm³/mol. The van der Waals surface area contributed by atoms with E-state index in [9.17, 15) is 4.79 Å². The van der Waals surface area contributed by atoms with Crippen molar-refractivity contribution in [3.8, 4) is 0 Å². The van der Waals surface area contributed by atoms with E-state index in [0.717, 1.165) is 25.9 Å². The number of carbonyl (C=O) groups excluding carboxylic acids is 1. The molecule has 5 N–H and O–H groups in total. The maximum Gasteiger partial charge on any atom is 0.217 e. The molecule has 4 nitrogen and oxygen atoms in total. The van der Waals surface area contributed by atoms with Crippen LogP contribution in [0.5, 0.6) is 0 Å². The summed E-state index contributed by atoms with van der Waals surface area (Å²) in [5, 5.41) is 3.15. The van der Waals surface area contributed by atoms with Gasteiger partial charge in [-0.2, -0.15) is 0 Å². The number of nitrogens with one attached hydrogen (secondary N) is 1. The average molecular weight is 159 g/mol. The Hall–Kier alpha value is -0.610. The van der Waals surface area contributed by atoms with Gasteiger partial charge in [0.25, 0.3) is 0 Å². The van der Waals surface area contributed by atoms with Crippen molar-refractivity contribution in [2.45, 2.75) is 19.3 Å². The van der Waals surface area contributed by atoms with Crippen molar-refractivity contribution in [3.05, 3.63) is 0 Å². The molecule has 0 spiro atoms. The molecule has 0 aliphatic heterocycles. The monoisotopic (exact) mass is 159 g/mol. The Bertz CT molecular complexity index is 106. The highest BCUT2D eigenvalue weighted by Crippen LogP contribution is 1.83. The number of primary amides is 1. The van der Waals surface area contributed by atoms with Gasteiger partial charge in [-0.1, -0.05) is 0 Å². The van der Waals surface area contributed by atoms with E-state index < -0.39 is 0 Å². The molecule has 0 unspecified atom stereocenters. The van der Waals surface area contributed by atoms with Gasteiger partial charge in [0, 0.05) is 6.42 Å². The molecule has 11 heavy (non-hydrogen) atoms. The van der Waals surface area contributed by atoms with Gasteiger partial charge >= 0.3 is 0 Å². The van der Waals surface area contributed by atoms with Gasteiger partial charge in [-0.3, -0.25) is 4.79 Å². The van der Waals surface area contributed by atoms with Gasteiger partial charge in [0.1, 0.15) is 0 Å². The fourth-order valence-electron chi connectivity index (χ4n) is 0.740. The Morgan fingerprint density at radius 2 is 1.91 bits per heavy atom. The standard InChI is InChI=1S/C7H17N3O/c8-4-2-6-10-5-1-3-7(9)11/h10H,1-6,8H2,(H2,9,11). The van der Waals surface area contributed by atoms with E-state index in [0.29, 0.717) is 13.0 Å². The molecule has 0 fully saturated rings. The van der Waals surface area contributed by atoms with Crippen LogP contribution in [0.25, 0.3) is 0 Å². The summed E-state index contributed by atoms with van der Waals surface area (Å²) < 4.78 is 0. The third-order valence-corrected chi connectivity index (χ3v) is 1.33. The zero-order valence-corrected chi connectivity index (χ0v) is 6.81. The van der Waals surface area contributed by atoms with Crippen molar-refractivity contribution in [1.82, 2.24) is 5.32 Å². The summed E-state index contributed by atoms with van der Waals surface area (Å²) in [7, 11) is 0. The number of amides is 1. The van der Waals surface area contributed by atoms with E-state index >= 15 is 0 Å². The molecule has 0 aromatic carbocycles. The van der Waals surface area contributed by atoms with Crippen molar-refractivity contribution >= 4 is 5.91 Å². The lowest BCUT2D eigenvalue weighted by atomic mass is 10.3. The SMILES string of the molecule is NCCCNCCCC(N)=O. The topological polar surface area (TPSA) is 81.1 Å². The van der Waals surface area contributed by atoms with Crippen LogP contribution in [0, 0.1) is 0 Å². The van der Waals surface area contributed by atoms with Crippen LogP contribution in [-0.4, -0.2) is 25.5 Å². The molecule has 0 radical (unpaired) electrons. The minimum absolute atomic E-state index is 0.231. The summed E-state index contributed by atoms with van der Waals surface area (Å²) in [5.74, 6) is -0.231. The Morgan fingerprint density at radius 1 is 1.27 bits per heavy atom. The molecule has 0 rings (SSSR count). The van der Waals surface area contributed by atoms with Gasteiger partial charge in [0.2, 0.25) is 5.91 Å². The summed E-state index contributed by atoms with van der Waals surface area (Å²) in [6, 6.07) is 0. The Morgan fingerprint density at radius 3 is 2.45 bits per heavy atom. The zero-order chi connectivity index (χ0) is 8.53. The lowest BCUT2D eigenvalue weighted by molar-refractivity contribution is -0.118. The lowest BCUT2D eigenvalue weighted by Crippen LogP contribution is -2.21. The van der Waals surface area contributed by atoms with E-state index in [-0.39, 0.29) is 5.91 Å². The Balaban J connectivity index is 2.85. The van der Waals surface area contributed by atoms with E-state index in [1.54, 1.807) is 0 Å². The first-order valence-corrected chi connectivity index (χ1v) is 3.96. The molecule has 0 aliphatic rings. The van der Waals surface area contributed by atoms with Crippen LogP contribution in [0.3, 0.4) is 0 Å². The van der Waals surface area contributed by atoms with Gasteiger partial charge in [-0.15, -0.1) is 0 Å². The van der Waals surface area contributed by atoms with Gasteiger partial charge in [-0.05, 0) is 32.5 Å². The van der Waals surface area contributed by atoms with Crippen LogP contribution < -0.4 is 16.8 Å². The number of carbonyl (C=O) groups is 1. The summed E-state index contributed by atoms with van der Waals surface area (Å²) >= 11 is 0. The maximum atomic E-state index is 10.3. The Labute approximate surface area is 67.3 Å². The molecule has 0 heterocycles. The molecule has 0 aliphatic carbocycles. The van der Waals surface area contributed by atoms with Crippen LogP contribution in [0.15, 0.2) is 0 Å². The summed E-state index contributed by atoms with van der Waals surface area (Å²) in [6.45, 7) is 2.49. The zero-order valence-electron chi connectivity index (χ0n) is 6.81. The lowest BCUT2D eigenvalue weighted by Gasteiger charge is -2.00. The highest BCUT2D eigenvalue weighted by atomic mass is 16.1. The van der Waals surface area contributed by atoms with Crippen LogP contribution in [-0.2, 0) is 4.79 Å². The van der Waals surface area contributed by atoms with Crippen molar-refractivity contribution in [2.24, 2.45) is 11.5 Å². The first-order valence-electron chi connectivity index (χ1n) is 3.96. The number of nitrogens with two attached hydrogens (primary N) is 2. The fraction of sp³-hybridized carbons (Fsp3) is 0.857. The molecule has 0 saturated heterocycles. The quantitative estimate of drug-likeness (QED) is 0.425. The number of hydrogen-bond acceptors (Lipinski definition) is 3. The minimum Gasteiger partial charge on any atom is -0.370 e. The largest absolute Gasteiger partial charge is 0.370 e. The molecular formula is C7H17N3O. The summed E-state index contributed by atoms with van der Waals surface area (Å²) in [6.07, 6.45) is 2.27. The van der Waals surface area contributed by atoms with Crippen molar-refractivity contribution < 1.29 is 4.79 Å². The van der Waals surface area contributed by atoms with Gasteiger partial charge in [0.15, 0.2) is 0 Å². The Kier molecular flexibility index (Phi) is 7.08. The molecule has 0 aromatic rings. The highest BCUT2D eigenvalue weighted by Gasteiger charge is 1.92. The number of hydrogen-bond donors (Lipinski definition) is 3. The highest BCUT2D eigenvalue weighted by molar-refractivity contribution is 5.73.